The quantitative estimate of drug-likeness (QED) is 0.783. The number of ether oxygens (including phenoxy) is 1. The van der Waals surface area contributed by atoms with Crippen molar-refractivity contribution in [2.45, 2.75) is 25.9 Å². The van der Waals surface area contributed by atoms with E-state index < -0.39 is 0 Å². The number of morpholine rings is 1. The maximum atomic E-state index is 5.68. The van der Waals surface area contributed by atoms with E-state index >= 15 is 0 Å². The SMILES string of the molecule is CCC1CN(CCCNc2ccccc2)CCO1. The highest BCUT2D eigenvalue weighted by molar-refractivity contribution is 5.42. The average Bonchev–Trinajstić information content (AvgIpc) is 2.45. The Hall–Kier alpha value is -1.06. The van der Waals surface area contributed by atoms with Gasteiger partial charge in [-0.3, -0.25) is 4.90 Å². The first-order valence-corrected chi connectivity index (χ1v) is 7.01. The van der Waals surface area contributed by atoms with E-state index in [0.717, 1.165) is 32.7 Å². The van der Waals surface area contributed by atoms with E-state index in [2.05, 4.69) is 41.4 Å². The molecule has 0 amide bonds. The summed E-state index contributed by atoms with van der Waals surface area (Å²) in [6, 6.07) is 10.4. The molecule has 0 bridgehead atoms. The van der Waals surface area contributed by atoms with E-state index in [-0.39, 0.29) is 0 Å². The predicted molar refractivity (Wildman–Crippen MR) is 76.0 cm³/mol. The molecule has 0 radical (unpaired) electrons. The number of benzene rings is 1. The third-order valence-corrected chi connectivity index (χ3v) is 3.43. The third-order valence-electron chi connectivity index (χ3n) is 3.43. The molecular formula is C15H24N2O. The fourth-order valence-electron chi connectivity index (χ4n) is 2.32. The molecule has 18 heavy (non-hydrogen) atoms. The number of nitrogens with zero attached hydrogens (tertiary/aromatic N) is 1. The Kier molecular flexibility index (Phi) is 5.49. The molecule has 1 saturated heterocycles. The van der Waals surface area contributed by atoms with Crippen LogP contribution in [0.2, 0.25) is 0 Å². The van der Waals surface area contributed by atoms with Crippen LogP contribution in [0.3, 0.4) is 0 Å². The van der Waals surface area contributed by atoms with E-state index in [9.17, 15) is 0 Å². The lowest BCUT2D eigenvalue weighted by Crippen LogP contribution is -2.42. The van der Waals surface area contributed by atoms with Gasteiger partial charge in [-0.25, -0.2) is 0 Å². The molecule has 1 N–H and O–H groups in total. The van der Waals surface area contributed by atoms with Crippen LogP contribution >= 0.6 is 0 Å². The summed E-state index contributed by atoms with van der Waals surface area (Å²) in [6.45, 7) is 7.48. The molecule has 1 aliphatic heterocycles. The van der Waals surface area contributed by atoms with E-state index in [1.807, 2.05) is 6.07 Å². The summed E-state index contributed by atoms with van der Waals surface area (Å²) in [5, 5.41) is 3.45. The molecule has 1 fully saturated rings. The van der Waals surface area contributed by atoms with Crippen molar-refractivity contribution in [3.05, 3.63) is 30.3 Å². The van der Waals surface area contributed by atoms with Gasteiger partial charge < -0.3 is 10.1 Å². The van der Waals surface area contributed by atoms with Gasteiger partial charge in [-0.1, -0.05) is 25.1 Å². The van der Waals surface area contributed by atoms with Crippen molar-refractivity contribution < 1.29 is 4.74 Å². The molecule has 1 aromatic carbocycles. The summed E-state index contributed by atoms with van der Waals surface area (Å²) in [6.07, 6.45) is 2.75. The minimum atomic E-state index is 0.445. The van der Waals surface area contributed by atoms with Crippen molar-refractivity contribution in [1.29, 1.82) is 0 Å². The molecule has 1 unspecified atom stereocenters. The highest BCUT2D eigenvalue weighted by Gasteiger charge is 2.17. The molecule has 3 heteroatoms. The van der Waals surface area contributed by atoms with Gasteiger partial charge in [0.05, 0.1) is 12.7 Å². The summed E-state index contributed by atoms with van der Waals surface area (Å²) in [5.74, 6) is 0. The van der Waals surface area contributed by atoms with Gasteiger partial charge >= 0.3 is 0 Å². The molecule has 2 rings (SSSR count). The second-order valence-electron chi connectivity index (χ2n) is 4.85. The predicted octanol–water partition coefficient (Wildman–Crippen LogP) is 2.60. The Morgan fingerprint density at radius 1 is 1.33 bits per heavy atom. The molecule has 1 aromatic rings. The van der Waals surface area contributed by atoms with Gasteiger partial charge in [-0.2, -0.15) is 0 Å². The third kappa shape index (κ3) is 4.31. The second kappa shape index (κ2) is 7.39. The lowest BCUT2D eigenvalue weighted by Gasteiger charge is -2.32. The van der Waals surface area contributed by atoms with E-state index in [0.29, 0.717) is 6.10 Å². The van der Waals surface area contributed by atoms with E-state index in [1.165, 1.54) is 18.7 Å². The Balaban J connectivity index is 1.60. The first-order valence-electron chi connectivity index (χ1n) is 7.01. The standard InChI is InChI=1S/C15H24N2O/c1-2-15-13-17(11-12-18-15)10-6-9-16-14-7-4-3-5-8-14/h3-5,7-8,15-16H,2,6,9-13H2,1H3. The van der Waals surface area contributed by atoms with Gasteiger partial charge in [0.1, 0.15) is 0 Å². The largest absolute Gasteiger partial charge is 0.385 e. The number of hydrogen-bond donors (Lipinski definition) is 1. The summed E-state index contributed by atoms with van der Waals surface area (Å²) in [7, 11) is 0. The summed E-state index contributed by atoms with van der Waals surface area (Å²) < 4.78 is 5.68. The fourth-order valence-corrected chi connectivity index (χ4v) is 2.32. The van der Waals surface area contributed by atoms with Crippen LogP contribution < -0.4 is 5.32 Å². The number of nitrogens with one attached hydrogen (secondary N) is 1. The van der Waals surface area contributed by atoms with Gasteiger partial charge in [0, 0.05) is 31.9 Å². The summed E-state index contributed by atoms with van der Waals surface area (Å²) in [5.41, 5.74) is 1.21. The van der Waals surface area contributed by atoms with Crippen LogP contribution in [0.25, 0.3) is 0 Å². The summed E-state index contributed by atoms with van der Waals surface area (Å²) in [4.78, 5) is 2.52. The number of anilines is 1. The Morgan fingerprint density at radius 2 is 2.17 bits per heavy atom. The zero-order valence-electron chi connectivity index (χ0n) is 11.3. The molecule has 0 saturated carbocycles. The lowest BCUT2D eigenvalue weighted by atomic mass is 10.2. The Bertz CT molecular complexity index is 329. The second-order valence-corrected chi connectivity index (χ2v) is 4.85. The zero-order valence-corrected chi connectivity index (χ0v) is 11.3. The van der Waals surface area contributed by atoms with E-state index in [1.54, 1.807) is 0 Å². The molecule has 1 heterocycles. The molecule has 3 nitrogen and oxygen atoms in total. The first kappa shape index (κ1) is 13.4. The van der Waals surface area contributed by atoms with Crippen LogP contribution in [0.1, 0.15) is 19.8 Å². The van der Waals surface area contributed by atoms with Gasteiger partial charge in [-0.05, 0) is 25.0 Å². The van der Waals surface area contributed by atoms with Crippen LogP contribution in [0.15, 0.2) is 30.3 Å². The van der Waals surface area contributed by atoms with Gasteiger partial charge in [0.2, 0.25) is 0 Å². The normalized spacial score (nSPS) is 20.8. The average molecular weight is 248 g/mol. The minimum Gasteiger partial charge on any atom is -0.385 e. The monoisotopic (exact) mass is 248 g/mol. The van der Waals surface area contributed by atoms with Gasteiger partial charge in [0.15, 0.2) is 0 Å². The Labute approximate surface area is 110 Å². The molecular weight excluding hydrogens is 224 g/mol. The number of rotatable bonds is 6. The van der Waals surface area contributed by atoms with E-state index in [4.69, 9.17) is 4.74 Å². The maximum Gasteiger partial charge on any atom is 0.0700 e. The molecule has 0 aliphatic carbocycles. The van der Waals surface area contributed by atoms with Crippen molar-refractivity contribution in [2.24, 2.45) is 0 Å². The lowest BCUT2D eigenvalue weighted by molar-refractivity contribution is -0.0295. The zero-order chi connectivity index (χ0) is 12.6. The van der Waals surface area contributed by atoms with Crippen molar-refractivity contribution in [3.63, 3.8) is 0 Å². The van der Waals surface area contributed by atoms with Crippen molar-refractivity contribution >= 4 is 5.69 Å². The van der Waals surface area contributed by atoms with Gasteiger partial charge in [0.25, 0.3) is 0 Å². The minimum absolute atomic E-state index is 0.445. The summed E-state index contributed by atoms with van der Waals surface area (Å²) >= 11 is 0. The molecule has 1 atom stereocenters. The first-order chi connectivity index (χ1) is 8.88. The van der Waals surface area contributed by atoms with Gasteiger partial charge in [-0.15, -0.1) is 0 Å². The van der Waals surface area contributed by atoms with Crippen LogP contribution in [0.5, 0.6) is 0 Å². The van der Waals surface area contributed by atoms with Crippen molar-refractivity contribution in [1.82, 2.24) is 4.90 Å². The van der Waals surface area contributed by atoms with Crippen LogP contribution in [0.4, 0.5) is 5.69 Å². The number of para-hydroxylation sites is 1. The highest BCUT2D eigenvalue weighted by atomic mass is 16.5. The number of hydrogen-bond acceptors (Lipinski definition) is 3. The van der Waals surface area contributed by atoms with Crippen molar-refractivity contribution in [3.8, 4) is 0 Å². The van der Waals surface area contributed by atoms with Crippen LogP contribution in [-0.2, 0) is 4.74 Å². The topological polar surface area (TPSA) is 24.5 Å². The molecule has 100 valence electrons. The maximum absolute atomic E-state index is 5.68. The van der Waals surface area contributed by atoms with Crippen molar-refractivity contribution in [2.75, 3.05) is 38.1 Å². The Morgan fingerprint density at radius 3 is 2.94 bits per heavy atom. The molecule has 0 aromatic heterocycles. The highest BCUT2D eigenvalue weighted by Crippen LogP contribution is 2.09. The molecule has 0 spiro atoms. The molecule has 1 aliphatic rings. The fraction of sp³-hybridized carbons (Fsp3) is 0.600. The van der Waals surface area contributed by atoms with Crippen LogP contribution in [-0.4, -0.2) is 43.8 Å². The van der Waals surface area contributed by atoms with Crippen LogP contribution in [0, 0.1) is 0 Å². The smallest absolute Gasteiger partial charge is 0.0700 e.